The normalized spacial score (nSPS) is 10.6. The predicted molar refractivity (Wildman–Crippen MR) is 118 cm³/mol. The summed E-state index contributed by atoms with van der Waals surface area (Å²) in [5.74, 6) is 1.96. The predicted octanol–water partition coefficient (Wildman–Crippen LogP) is 5.25. The number of nitrogens with one attached hydrogen (secondary N) is 1. The number of aromatic nitrogens is 1. The summed E-state index contributed by atoms with van der Waals surface area (Å²) in [6.07, 6.45) is 1.71. The smallest absolute Gasteiger partial charge is 0.213 e. The van der Waals surface area contributed by atoms with Crippen LogP contribution in [0.3, 0.4) is 0 Å². The van der Waals surface area contributed by atoms with Gasteiger partial charge >= 0.3 is 0 Å². The van der Waals surface area contributed by atoms with Gasteiger partial charge < -0.3 is 19.5 Å². The van der Waals surface area contributed by atoms with E-state index in [1.807, 2.05) is 54.6 Å². The summed E-state index contributed by atoms with van der Waals surface area (Å²) in [4.78, 5) is 4.13. The van der Waals surface area contributed by atoms with Crippen molar-refractivity contribution in [3.63, 3.8) is 0 Å². The zero-order valence-electron chi connectivity index (χ0n) is 16.0. The van der Waals surface area contributed by atoms with E-state index in [1.54, 1.807) is 13.3 Å². The molecule has 1 aromatic heterocycles. The molecule has 7 heteroatoms. The Morgan fingerprint density at radius 1 is 1.03 bits per heavy atom. The van der Waals surface area contributed by atoms with Gasteiger partial charge in [-0.15, -0.1) is 0 Å². The Morgan fingerprint density at radius 2 is 1.93 bits per heavy atom. The van der Waals surface area contributed by atoms with Crippen LogP contribution in [0, 0.1) is 0 Å². The number of pyridine rings is 1. The van der Waals surface area contributed by atoms with Crippen LogP contribution in [0.5, 0.6) is 17.4 Å². The first-order valence-corrected chi connectivity index (χ1v) is 10.3. The van der Waals surface area contributed by atoms with Crippen molar-refractivity contribution >= 4 is 27.5 Å². The van der Waals surface area contributed by atoms with Crippen LogP contribution in [0.25, 0.3) is 0 Å². The van der Waals surface area contributed by atoms with Gasteiger partial charge in [0.05, 0.1) is 11.6 Å². The average molecular weight is 478 g/mol. The van der Waals surface area contributed by atoms with E-state index in [0.29, 0.717) is 48.7 Å². The maximum Gasteiger partial charge on any atom is 0.213 e. The first kappa shape index (κ1) is 21.4. The SMILES string of the molecule is COc1cc(CNCCOc2ccccn2)cc(Br)c1OCc1cccc(Cl)c1. The highest BCUT2D eigenvalue weighted by Crippen LogP contribution is 2.37. The lowest BCUT2D eigenvalue weighted by molar-refractivity contribution is 0.282. The van der Waals surface area contributed by atoms with Crippen LogP contribution in [0.4, 0.5) is 0 Å². The van der Waals surface area contributed by atoms with Crippen LogP contribution in [-0.2, 0) is 13.2 Å². The van der Waals surface area contributed by atoms with E-state index in [1.165, 1.54) is 0 Å². The first-order chi connectivity index (χ1) is 14.2. The molecule has 0 atom stereocenters. The third-order valence-corrected chi connectivity index (χ3v) is 4.88. The van der Waals surface area contributed by atoms with E-state index in [-0.39, 0.29) is 0 Å². The Labute approximate surface area is 184 Å². The zero-order chi connectivity index (χ0) is 20.5. The molecule has 5 nitrogen and oxygen atoms in total. The number of ether oxygens (including phenoxy) is 3. The number of rotatable bonds is 10. The van der Waals surface area contributed by atoms with Gasteiger partial charge in [-0.1, -0.05) is 29.8 Å². The highest BCUT2D eigenvalue weighted by Gasteiger charge is 2.12. The molecule has 0 fully saturated rings. The van der Waals surface area contributed by atoms with Gasteiger partial charge in [0.15, 0.2) is 11.5 Å². The third kappa shape index (κ3) is 6.63. The molecular formula is C22H22BrClN2O3. The molecule has 0 bridgehead atoms. The Bertz CT molecular complexity index is 925. The van der Waals surface area contributed by atoms with Crippen molar-refractivity contribution in [3.8, 4) is 17.4 Å². The number of halogens is 2. The minimum atomic E-state index is 0.401. The number of benzene rings is 2. The fourth-order valence-corrected chi connectivity index (χ4v) is 3.51. The molecule has 0 radical (unpaired) electrons. The summed E-state index contributed by atoms with van der Waals surface area (Å²) in [5, 5.41) is 4.04. The van der Waals surface area contributed by atoms with Crippen LogP contribution >= 0.6 is 27.5 Å². The molecular weight excluding hydrogens is 456 g/mol. The summed E-state index contributed by atoms with van der Waals surface area (Å²) >= 11 is 9.62. The summed E-state index contributed by atoms with van der Waals surface area (Å²) in [6, 6.07) is 17.2. The lowest BCUT2D eigenvalue weighted by atomic mass is 10.2. The van der Waals surface area contributed by atoms with Gasteiger partial charge in [-0.2, -0.15) is 0 Å². The van der Waals surface area contributed by atoms with Gasteiger partial charge in [0.1, 0.15) is 13.2 Å². The molecule has 3 aromatic rings. The van der Waals surface area contributed by atoms with Gasteiger partial charge in [-0.25, -0.2) is 4.98 Å². The fraction of sp³-hybridized carbons (Fsp3) is 0.227. The molecule has 3 rings (SSSR count). The van der Waals surface area contributed by atoms with Crippen molar-refractivity contribution < 1.29 is 14.2 Å². The molecule has 0 saturated carbocycles. The Kier molecular flexibility index (Phi) is 8.16. The second-order valence-corrected chi connectivity index (χ2v) is 7.51. The molecule has 0 unspecified atom stereocenters. The van der Waals surface area contributed by atoms with Crippen molar-refractivity contribution in [2.24, 2.45) is 0 Å². The third-order valence-electron chi connectivity index (χ3n) is 4.06. The van der Waals surface area contributed by atoms with Gasteiger partial charge in [0, 0.05) is 30.4 Å². The standard InChI is InChI=1S/C22H22BrClN2O3/c1-27-20-13-17(14-25-9-10-28-21-7-2-3-8-26-21)12-19(23)22(20)29-15-16-5-4-6-18(24)11-16/h2-8,11-13,25H,9-10,14-15H2,1H3. The summed E-state index contributed by atoms with van der Waals surface area (Å²) in [5.41, 5.74) is 2.06. The molecule has 0 amide bonds. The zero-order valence-corrected chi connectivity index (χ0v) is 18.4. The first-order valence-electron chi connectivity index (χ1n) is 9.14. The Hall–Kier alpha value is -2.28. The van der Waals surface area contributed by atoms with Crippen molar-refractivity contribution in [2.75, 3.05) is 20.3 Å². The van der Waals surface area contributed by atoms with Crippen LogP contribution in [-0.4, -0.2) is 25.2 Å². The van der Waals surface area contributed by atoms with Gasteiger partial charge in [0.2, 0.25) is 5.88 Å². The topological polar surface area (TPSA) is 52.6 Å². The molecule has 0 spiro atoms. The second-order valence-electron chi connectivity index (χ2n) is 6.22. The Balaban J connectivity index is 1.53. The molecule has 29 heavy (non-hydrogen) atoms. The van der Waals surface area contributed by atoms with Crippen LogP contribution in [0.15, 0.2) is 65.3 Å². The van der Waals surface area contributed by atoms with Gasteiger partial charge in [-0.05, 0) is 57.4 Å². The van der Waals surface area contributed by atoms with E-state index in [0.717, 1.165) is 15.6 Å². The largest absolute Gasteiger partial charge is 0.493 e. The molecule has 0 saturated heterocycles. The minimum absolute atomic E-state index is 0.401. The van der Waals surface area contributed by atoms with Crippen molar-refractivity contribution in [3.05, 3.63) is 81.4 Å². The van der Waals surface area contributed by atoms with E-state index in [9.17, 15) is 0 Å². The monoisotopic (exact) mass is 476 g/mol. The number of methoxy groups -OCH3 is 1. The summed E-state index contributed by atoms with van der Waals surface area (Å²) in [7, 11) is 1.63. The average Bonchev–Trinajstić information content (AvgIpc) is 2.73. The van der Waals surface area contributed by atoms with E-state index in [4.69, 9.17) is 25.8 Å². The van der Waals surface area contributed by atoms with Gasteiger partial charge in [-0.3, -0.25) is 0 Å². The van der Waals surface area contributed by atoms with Crippen LogP contribution in [0.2, 0.25) is 5.02 Å². The molecule has 0 aliphatic carbocycles. The molecule has 1 heterocycles. The molecule has 0 aliphatic heterocycles. The molecule has 152 valence electrons. The maximum atomic E-state index is 6.03. The van der Waals surface area contributed by atoms with E-state index < -0.39 is 0 Å². The minimum Gasteiger partial charge on any atom is -0.493 e. The van der Waals surface area contributed by atoms with Crippen molar-refractivity contribution in [1.82, 2.24) is 10.3 Å². The number of hydrogen-bond acceptors (Lipinski definition) is 5. The number of nitrogens with zero attached hydrogens (tertiary/aromatic N) is 1. The van der Waals surface area contributed by atoms with Crippen molar-refractivity contribution in [1.29, 1.82) is 0 Å². The van der Waals surface area contributed by atoms with Crippen molar-refractivity contribution in [2.45, 2.75) is 13.2 Å². The Morgan fingerprint density at radius 3 is 2.69 bits per heavy atom. The lowest BCUT2D eigenvalue weighted by Crippen LogP contribution is -2.20. The van der Waals surface area contributed by atoms with Crippen LogP contribution in [0.1, 0.15) is 11.1 Å². The lowest BCUT2D eigenvalue weighted by Gasteiger charge is -2.15. The second kappa shape index (κ2) is 11.0. The summed E-state index contributed by atoms with van der Waals surface area (Å²) in [6.45, 7) is 2.31. The van der Waals surface area contributed by atoms with E-state index in [2.05, 4.69) is 26.2 Å². The molecule has 0 aliphatic rings. The van der Waals surface area contributed by atoms with Crippen LogP contribution < -0.4 is 19.5 Å². The maximum absolute atomic E-state index is 6.03. The fourth-order valence-electron chi connectivity index (χ4n) is 2.69. The number of hydrogen-bond donors (Lipinski definition) is 1. The van der Waals surface area contributed by atoms with Gasteiger partial charge in [0.25, 0.3) is 0 Å². The highest BCUT2D eigenvalue weighted by atomic mass is 79.9. The summed E-state index contributed by atoms with van der Waals surface area (Å²) < 4.78 is 17.9. The quantitative estimate of drug-likeness (QED) is 0.404. The molecule has 2 aromatic carbocycles. The highest BCUT2D eigenvalue weighted by molar-refractivity contribution is 9.10. The van der Waals surface area contributed by atoms with E-state index >= 15 is 0 Å². The molecule has 1 N–H and O–H groups in total.